The third-order valence-electron chi connectivity index (χ3n) is 2.67. The average Bonchev–Trinajstić information content (AvgIpc) is 2.73. The van der Waals surface area contributed by atoms with Gasteiger partial charge in [-0.15, -0.1) is 0 Å². The molecule has 0 spiro atoms. The molecule has 2 rings (SSSR count). The van der Waals surface area contributed by atoms with Gasteiger partial charge in [-0.3, -0.25) is 9.59 Å². The molecule has 1 aromatic rings. The molecule has 0 radical (unpaired) electrons. The molecule has 1 aliphatic rings. The van der Waals surface area contributed by atoms with Gasteiger partial charge in [0.05, 0.1) is 17.1 Å². The minimum absolute atomic E-state index is 0.0400. The van der Waals surface area contributed by atoms with Crippen molar-refractivity contribution in [1.82, 2.24) is 5.32 Å². The fraction of sp³-hybridized carbons (Fsp3) is 0.308. The maximum absolute atomic E-state index is 11.9. The molecule has 7 heteroatoms. The summed E-state index contributed by atoms with van der Waals surface area (Å²) < 4.78 is 0. The minimum Gasteiger partial charge on any atom is -0.312 e. The Morgan fingerprint density at radius 1 is 1.45 bits per heavy atom. The van der Waals surface area contributed by atoms with E-state index in [0.29, 0.717) is 28.0 Å². The normalized spacial score (nSPS) is 14.4. The Morgan fingerprint density at radius 3 is 2.90 bits per heavy atom. The molecule has 2 amide bonds. The first-order valence-electron chi connectivity index (χ1n) is 6.16. The number of hydrogen-bond donors (Lipinski definition) is 1. The highest BCUT2D eigenvalue weighted by Crippen LogP contribution is 2.31. The lowest BCUT2D eigenvalue weighted by Crippen LogP contribution is -2.29. The van der Waals surface area contributed by atoms with Crippen molar-refractivity contribution in [3.8, 4) is 0 Å². The molecule has 0 saturated heterocycles. The Labute approximate surface area is 126 Å². The molecule has 106 valence electrons. The van der Waals surface area contributed by atoms with E-state index in [1.165, 1.54) is 0 Å². The number of rotatable bonds is 3. The van der Waals surface area contributed by atoms with Gasteiger partial charge in [-0.25, -0.2) is 0 Å². The lowest BCUT2D eigenvalue weighted by Gasteiger charge is -2.13. The largest absolute Gasteiger partial charge is 0.312 e. The Morgan fingerprint density at radius 2 is 2.20 bits per heavy atom. The van der Waals surface area contributed by atoms with Crippen LogP contribution in [0, 0.1) is 0 Å². The SMILES string of the molecule is CCCC(=O)NC1=NN(c2cc(Cl)ccc2Cl)C(=O)C1. The highest BCUT2D eigenvalue weighted by molar-refractivity contribution is 6.36. The number of benzene rings is 1. The van der Waals surface area contributed by atoms with Gasteiger partial charge in [-0.05, 0) is 24.6 Å². The van der Waals surface area contributed by atoms with E-state index in [1.54, 1.807) is 18.2 Å². The van der Waals surface area contributed by atoms with E-state index in [1.807, 2.05) is 6.92 Å². The number of hydrogen-bond acceptors (Lipinski definition) is 3. The lowest BCUT2D eigenvalue weighted by molar-refractivity contribution is -0.119. The van der Waals surface area contributed by atoms with Crippen LogP contribution < -0.4 is 10.3 Å². The molecule has 0 bridgehead atoms. The van der Waals surface area contributed by atoms with E-state index in [2.05, 4.69) is 10.4 Å². The zero-order valence-corrected chi connectivity index (χ0v) is 12.3. The fourth-order valence-corrected chi connectivity index (χ4v) is 2.15. The zero-order chi connectivity index (χ0) is 14.7. The Kier molecular flexibility index (Phi) is 4.62. The molecule has 1 N–H and O–H groups in total. The van der Waals surface area contributed by atoms with Crippen molar-refractivity contribution in [3.63, 3.8) is 0 Å². The molecule has 1 aromatic carbocycles. The van der Waals surface area contributed by atoms with Crippen LogP contribution >= 0.6 is 23.2 Å². The molecule has 1 aliphatic heterocycles. The monoisotopic (exact) mass is 313 g/mol. The van der Waals surface area contributed by atoms with Gasteiger partial charge in [0.2, 0.25) is 5.91 Å². The second-order valence-electron chi connectivity index (χ2n) is 4.32. The van der Waals surface area contributed by atoms with Crippen molar-refractivity contribution in [2.24, 2.45) is 5.10 Å². The second kappa shape index (κ2) is 6.24. The number of anilines is 1. The van der Waals surface area contributed by atoms with Gasteiger partial charge in [-0.1, -0.05) is 30.1 Å². The van der Waals surface area contributed by atoms with Gasteiger partial charge in [0.25, 0.3) is 5.91 Å². The van der Waals surface area contributed by atoms with Crippen molar-refractivity contribution in [1.29, 1.82) is 0 Å². The number of hydrazone groups is 1. The maximum Gasteiger partial charge on any atom is 0.255 e. The lowest BCUT2D eigenvalue weighted by atomic mass is 10.3. The topological polar surface area (TPSA) is 61.8 Å². The quantitative estimate of drug-likeness (QED) is 0.932. The van der Waals surface area contributed by atoms with E-state index in [0.717, 1.165) is 11.4 Å². The molecule has 0 unspecified atom stereocenters. The third-order valence-corrected chi connectivity index (χ3v) is 3.23. The molecule has 0 aliphatic carbocycles. The molecule has 20 heavy (non-hydrogen) atoms. The summed E-state index contributed by atoms with van der Waals surface area (Å²) in [6.45, 7) is 1.90. The van der Waals surface area contributed by atoms with Crippen LogP contribution in [0.4, 0.5) is 5.69 Å². The standard InChI is InChI=1S/C13H13Cl2N3O2/c1-2-3-12(19)16-11-7-13(20)18(17-11)10-6-8(14)4-5-9(10)15/h4-6H,2-3,7H2,1H3,(H,16,17,19). The first kappa shape index (κ1) is 14.8. The van der Waals surface area contributed by atoms with E-state index in [9.17, 15) is 9.59 Å². The first-order chi connectivity index (χ1) is 9.51. The molecular weight excluding hydrogens is 301 g/mol. The first-order valence-corrected chi connectivity index (χ1v) is 6.92. The Bertz CT molecular complexity index is 587. The predicted octanol–water partition coefficient (Wildman–Crippen LogP) is 2.96. The summed E-state index contributed by atoms with van der Waals surface area (Å²) in [5.41, 5.74) is 0.406. The Balaban J connectivity index is 2.20. The van der Waals surface area contributed by atoms with Crippen molar-refractivity contribution >= 4 is 46.5 Å². The number of halogens is 2. The summed E-state index contributed by atoms with van der Waals surface area (Å²) in [4.78, 5) is 23.4. The number of nitrogens with one attached hydrogen (secondary N) is 1. The van der Waals surface area contributed by atoms with Crippen LogP contribution in [-0.2, 0) is 9.59 Å². The highest BCUT2D eigenvalue weighted by atomic mass is 35.5. The van der Waals surface area contributed by atoms with Gasteiger partial charge in [0, 0.05) is 11.4 Å². The van der Waals surface area contributed by atoms with Crippen LogP contribution in [0.3, 0.4) is 0 Å². The third kappa shape index (κ3) is 3.29. The zero-order valence-electron chi connectivity index (χ0n) is 10.8. The Hall–Kier alpha value is -1.59. The van der Waals surface area contributed by atoms with E-state index >= 15 is 0 Å². The van der Waals surface area contributed by atoms with E-state index in [4.69, 9.17) is 23.2 Å². The van der Waals surface area contributed by atoms with Crippen molar-refractivity contribution < 1.29 is 9.59 Å². The summed E-state index contributed by atoms with van der Waals surface area (Å²) in [5.74, 6) is -0.0939. The number of carbonyl (C=O) groups is 2. The molecule has 5 nitrogen and oxygen atoms in total. The molecular formula is C13H13Cl2N3O2. The molecule has 0 atom stereocenters. The average molecular weight is 314 g/mol. The maximum atomic E-state index is 11.9. The minimum atomic E-state index is -0.263. The molecule has 1 heterocycles. The van der Waals surface area contributed by atoms with Gasteiger partial charge >= 0.3 is 0 Å². The number of nitrogens with zero attached hydrogens (tertiary/aromatic N) is 2. The van der Waals surface area contributed by atoms with Gasteiger partial charge < -0.3 is 5.32 Å². The number of amides is 2. The van der Waals surface area contributed by atoms with Crippen LogP contribution in [0.25, 0.3) is 0 Å². The van der Waals surface area contributed by atoms with Crippen LogP contribution in [0.15, 0.2) is 23.3 Å². The van der Waals surface area contributed by atoms with E-state index < -0.39 is 0 Å². The van der Waals surface area contributed by atoms with Gasteiger partial charge in [0.1, 0.15) is 5.84 Å². The molecule has 0 fully saturated rings. The van der Waals surface area contributed by atoms with Crippen LogP contribution in [0.5, 0.6) is 0 Å². The number of carbonyl (C=O) groups excluding carboxylic acids is 2. The summed E-state index contributed by atoms with van der Waals surface area (Å²) in [5, 5.41) is 8.69. The van der Waals surface area contributed by atoms with Crippen molar-refractivity contribution in [2.75, 3.05) is 5.01 Å². The second-order valence-corrected chi connectivity index (χ2v) is 5.17. The summed E-state index contributed by atoms with van der Waals surface area (Å²) >= 11 is 11.9. The van der Waals surface area contributed by atoms with Gasteiger partial charge in [-0.2, -0.15) is 10.1 Å². The molecule has 0 saturated carbocycles. The fourth-order valence-electron chi connectivity index (χ4n) is 1.79. The smallest absolute Gasteiger partial charge is 0.255 e. The van der Waals surface area contributed by atoms with E-state index in [-0.39, 0.29) is 18.2 Å². The summed E-state index contributed by atoms with van der Waals surface area (Å²) in [7, 11) is 0. The molecule has 0 aromatic heterocycles. The van der Waals surface area contributed by atoms with Crippen molar-refractivity contribution in [2.45, 2.75) is 26.2 Å². The van der Waals surface area contributed by atoms with Crippen LogP contribution in [0.2, 0.25) is 10.0 Å². The van der Waals surface area contributed by atoms with Crippen LogP contribution in [0.1, 0.15) is 26.2 Å². The van der Waals surface area contributed by atoms with Crippen LogP contribution in [-0.4, -0.2) is 17.6 Å². The summed E-state index contributed by atoms with van der Waals surface area (Å²) in [6, 6.07) is 4.78. The number of amidine groups is 1. The summed E-state index contributed by atoms with van der Waals surface area (Å²) in [6.07, 6.45) is 1.17. The van der Waals surface area contributed by atoms with Gasteiger partial charge in [0.15, 0.2) is 0 Å². The van der Waals surface area contributed by atoms with Crippen molar-refractivity contribution in [3.05, 3.63) is 28.2 Å². The highest BCUT2D eigenvalue weighted by Gasteiger charge is 2.27. The predicted molar refractivity (Wildman–Crippen MR) is 79.1 cm³/mol.